The lowest BCUT2D eigenvalue weighted by Gasteiger charge is -2.44. The van der Waals surface area contributed by atoms with E-state index < -0.39 is 5.60 Å². The molecule has 2 aromatic rings. The number of hydrogen-bond acceptors (Lipinski definition) is 7. The summed E-state index contributed by atoms with van der Waals surface area (Å²) in [5.74, 6) is 1.54. The number of hydrogen-bond donors (Lipinski definition) is 1. The predicted octanol–water partition coefficient (Wildman–Crippen LogP) is 2.15. The summed E-state index contributed by atoms with van der Waals surface area (Å²) < 4.78 is 11.8. The van der Waals surface area contributed by atoms with Crippen molar-refractivity contribution in [1.29, 1.82) is 0 Å². The average Bonchev–Trinajstić information content (AvgIpc) is 2.82. The first-order valence-corrected chi connectivity index (χ1v) is 11.3. The van der Waals surface area contributed by atoms with Crippen LogP contribution in [-0.4, -0.2) is 68.2 Å². The molecule has 1 aromatic carbocycles. The average molecular weight is 440 g/mol. The normalized spacial score (nSPS) is 17.2. The van der Waals surface area contributed by atoms with Crippen LogP contribution >= 0.6 is 0 Å². The zero-order chi connectivity index (χ0) is 22.7. The molecule has 1 fully saturated rings. The van der Waals surface area contributed by atoms with Crippen molar-refractivity contribution in [3.8, 4) is 5.75 Å². The number of amides is 1. The fourth-order valence-electron chi connectivity index (χ4n) is 4.65. The number of fused-ring (bicyclic) bond motifs is 2. The Kier molecular flexibility index (Phi) is 6.62. The molecular weight excluding hydrogens is 406 g/mol. The van der Waals surface area contributed by atoms with Crippen molar-refractivity contribution in [2.24, 2.45) is 5.73 Å². The van der Waals surface area contributed by atoms with E-state index in [0.717, 1.165) is 54.7 Å². The number of aryl methyl sites for hydroxylation is 1. The SMILES string of the molecule is COc1ccc(C(=O)N2CCC3(CC2)OCCc2cnc(N(C)C)nc23)cc1CCCN. The van der Waals surface area contributed by atoms with Gasteiger partial charge in [-0.25, -0.2) is 9.97 Å². The van der Waals surface area contributed by atoms with Crippen molar-refractivity contribution in [1.82, 2.24) is 14.9 Å². The maximum atomic E-state index is 13.3. The molecule has 32 heavy (non-hydrogen) atoms. The monoisotopic (exact) mass is 439 g/mol. The summed E-state index contributed by atoms with van der Waals surface area (Å²) >= 11 is 0. The van der Waals surface area contributed by atoms with Gasteiger partial charge >= 0.3 is 0 Å². The highest BCUT2D eigenvalue weighted by atomic mass is 16.5. The number of rotatable bonds is 6. The van der Waals surface area contributed by atoms with Gasteiger partial charge in [0.15, 0.2) is 0 Å². The van der Waals surface area contributed by atoms with Gasteiger partial charge < -0.3 is 25.0 Å². The molecule has 0 radical (unpaired) electrons. The van der Waals surface area contributed by atoms with Crippen LogP contribution in [0.2, 0.25) is 0 Å². The van der Waals surface area contributed by atoms with E-state index in [-0.39, 0.29) is 5.91 Å². The molecule has 0 bridgehead atoms. The van der Waals surface area contributed by atoms with Crippen LogP contribution in [0.3, 0.4) is 0 Å². The molecule has 8 heteroatoms. The highest BCUT2D eigenvalue weighted by molar-refractivity contribution is 5.94. The molecule has 1 aromatic heterocycles. The number of aromatic nitrogens is 2. The largest absolute Gasteiger partial charge is 0.496 e. The van der Waals surface area contributed by atoms with E-state index in [1.807, 2.05) is 48.3 Å². The second-order valence-electron chi connectivity index (χ2n) is 8.74. The zero-order valence-electron chi connectivity index (χ0n) is 19.3. The van der Waals surface area contributed by atoms with E-state index in [1.54, 1.807) is 7.11 Å². The summed E-state index contributed by atoms with van der Waals surface area (Å²) in [5, 5.41) is 0. The lowest BCUT2D eigenvalue weighted by Crippen LogP contribution is -2.49. The van der Waals surface area contributed by atoms with Crippen LogP contribution < -0.4 is 15.4 Å². The Labute approximate surface area is 189 Å². The first kappa shape index (κ1) is 22.5. The molecule has 0 unspecified atom stereocenters. The number of nitrogens with zero attached hydrogens (tertiary/aromatic N) is 4. The molecule has 2 aliphatic rings. The summed E-state index contributed by atoms with van der Waals surface area (Å²) in [6.45, 7) is 2.53. The minimum absolute atomic E-state index is 0.0456. The Bertz CT molecular complexity index is 970. The summed E-state index contributed by atoms with van der Waals surface area (Å²) in [6.07, 6.45) is 5.86. The molecule has 2 N–H and O–H groups in total. The second kappa shape index (κ2) is 9.42. The molecule has 1 saturated heterocycles. The third kappa shape index (κ3) is 4.29. The number of piperidine rings is 1. The number of carbonyl (C=O) groups is 1. The molecule has 0 aliphatic carbocycles. The van der Waals surface area contributed by atoms with Crippen molar-refractivity contribution in [2.45, 2.75) is 37.7 Å². The maximum absolute atomic E-state index is 13.3. The van der Waals surface area contributed by atoms with Gasteiger partial charge in [0, 0.05) is 38.9 Å². The summed E-state index contributed by atoms with van der Waals surface area (Å²) in [6, 6.07) is 5.68. The Morgan fingerprint density at radius 3 is 2.78 bits per heavy atom. The number of anilines is 1. The lowest BCUT2D eigenvalue weighted by atomic mass is 9.83. The summed E-state index contributed by atoms with van der Waals surface area (Å²) in [5.41, 5.74) is 9.09. The van der Waals surface area contributed by atoms with Crippen LogP contribution in [-0.2, 0) is 23.2 Å². The van der Waals surface area contributed by atoms with Crippen LogP contribution in [0.25, 0.3) is 0 Å². The van der Waals surface area contributed by atoms with Gasteiger partial charge in [0.25, 0.3) is 5.91 Å². The summed E-state index contributed by atoms with van der Waals surface area (Å²) in [7, 11) is 5.53. The van der Waals surface area contributed by atoms with Gasteiger partial charge in [0.05, 0.1) is 19.4 Å². The van der Waals surface area contributed by atoms with Gasteiger partial charge in [-0.05, 0) is 68.0 Å². The van der Waals surface area contributed by atoms with Crippen LogP contribution in [0.1, 0.15) is 46.4 Å². The first-order valence-electron chi connectivity index (χ1n) is 11.3. The fourth-order valence-corrected chi connectivity index (χ4v) is 4.65. The van der Waals surface area contributed by atoms with Crippen molar-refractivity contribution in [3.05, 3.63) is 46.8 Å². The zero-order valence-corrected chi connectivity index (χ0v) is 19.3. The fraction of sp³-hybridized carbons (Fsp3) is 0.542. The highest BCUT2D eigenvalue weighted by Gasteiger charge is 2.43. The van der Waals surface area contributed by atoms with Gasteiger partial charge in [0.2, 0.25) is 5.95 Å². The van der Waals surface area contributed by atoms with E-state index in [4.69, 9.17) is 20.2 Å². The molecule has 2 aliphatic heterocycles. The van der Waals surface area contributed by atoms with Gasteiger partial charge in [-0.3, -0.25) is 4.79 Å². The minimum atomic E-state index is -0.440. The van der Waals surface area contributed by atoms with Gasteiger partial charge in [-0.1, -0.05) is 0 Å². The van der Waals surface area contributed by atoms with Gasteiger partial charge in [-0.2, -0.15) is 0 Å². The van der Waals surface area contributed by atoms with Gasteiger partial charge in [0.1, 0.15) is 11.4 Å². The van der Waals surface area contributed by atoms with Crippen molar-refractivity contribution in [3.63, 3.8) is 0 Å². The third-order valence-electron chi connectivity index (χ3n) is 6.47. The molecular formula is C24H33N5O3. The number of nitrogens with two attached hydrogens (primary N) is 1. The van der Waals surface area contributed by atoms with Crippen LogP contribution in [0.15, 0.2) is 24.4 Å². The van der Waals surface area contributed by atoms with Crippen LogP contribution in [0.4, 0.5) is 5.95 Å². The van der Waals surface area contributed by atoms with Gasteiger partial charge in [-0.15, -0.1) is 0 Å². The molecule has 1 spiro atoms. The predicted molar refractivity (Wildman–Crippen MR) is 123 cm³/mol. The maximum Gasteiger partial charge on any atom is 0.253 e. The third-order valence-corrected chi connectivity index (χ3v) is 6.47. The van der Waals surface area contributed by atoms with E-state index in [2.05, 4.69) is 4.98 Å². The smallest absolute Gasteiger partial charge is 0.253 e. The van der Waals surface area contributed by atoms with E-state index in [0.29, 0.717) is 37.8 Å². The highest BCUT2D eigenvalue weighted by Crippen LogP contribution is 2.41. The Hall–Kier alpha value is -2.71. The molecule has 172 valence electrons. The van der Waals surface area contributed by atoms with Crippen molar-refractivity contribution < 1.29 is 14.3 Å². The Balaban J connectivity index is 1.51. The number of carbonyl (C=O) groups excluding carboxylic acids is 1. The first-order chi connectivity index (χ1) is 15.5. The topological polar surface area (TPSA) is 93.8 Å². The van der Waals surface area contributed by atoms with E-state index in [9.17, 15) is 4.79 Å². The molecule has 1 amide bonds. The Morgan fingerprint density at radius 1 is 1.31 bits per heavy atom. The number of benzene rings is 1. The Morgan fingerprint density at radius 2 is 2.09 bits per heavy atom. The minimum Gasteiger partial charge on any atom is -0.496 e. The molecule has 3 heterocycles. The van der Waals surface area contributed by atoms with Crippen LogP contribution in [0.5, 0.6) is 5.75 Å². The van der Waals surface area contributed by atoms with Crippen molar-refractivity contribution in [2.75, 3.05) is 52.3 Å². The number of ether oxygens (including phenoxy) is 2. The quantitative estimate of drug-likeness (QED) is 0.737. The molecule has 0 saturated carbocycles. The van der Waals surface area contributed by atoms with Crippen LogP contribution in [0, 0.1) is 0 Å². The molecule has 0 atom stereocenters. The molecule has 8 nitrogen and oxygen atoms in total. The number of methoxy groups -OCH3 is 1. The molecule has 4 rings (SSSR count). The lowest BCUT2D eigenvalue weighted by molar-refractivity contribution is -0.0967. The standard InChI is InChI=1S/C24H33N5O3/c1-28(2)23-26-16-19-8-14-32-24(21(19)27-23)9-12-29(13-10-24)22(30)18-6-7-20(31-3)17(15-18)5-4-11-25/h6-7,15-16H,4-5,8-14,25H2,1-3H3. The number of likely N-dealkylation sites (tertiary alicyclic amines) is 1. The summed E-state index contributed by atoms with van der Waals surface area (Å²) in [4.78, 5) is 26.4. The van der Waals surface area contributed by atoms with Crippen molar-refractivity contribution >= 4 is 11.9 Å². The second-order valence-corrected chi connectivity index (χ2v) is 8.74. The van der Waals surface area contributed by atoms with E-state index >= 15 is 0 Å². The van der Waals surface area contributed by atoms with E-state index in [1.165, 1.54) is 0 Å².